The molecule has 0 fully saturated rings. The van der Waals surface area contributed by atoms with Gasteiger partial charge in [0.25, 0.3) is 10.1 Å². The Balaban J connectivity index is 4.06. The standard InChI is InChI=1S/C46H85NO6S/c1-3-5-7-9-11-13-15-17-19-21-22-23-25-27-29-31-33-35-37-39-41-45(49)46(50)47-43(42-54(51,52)53)44(48)40-38-36-34-32-30-28-26-24-20-18-16-14-12-10-8-6-4-2/h20,23-25,30,32,38,40,43-45,48-49H,3-19,21-22,26-29,31,33-37,39,41-42H2,1-2H3,(H,47,50)(H,51,52,53)/b24-20+,25-23-,32-30+,40-38+. The van der Waals surface area contributed by atoms with Crippen LogP contribution < -0.4 is 5.32 Å². The molecule has 54 heavy (non-hydrogen) atoms. The molecule has 7 nitrogen and oxygen atoms in total. The Kier molecular flexibility index (Phi) is 38.2. The fourth-order valence-corrected chi connectivity index (χ4v) is 7.33. The lowest BCUT2D eigenvalue weighted by Crippen LogP contribution is -2.50. The molecule has 3 atom stereocenters. The van der Waals surface area contributed by atoms with Crippen LogP contribution in [0.25, 0.3) is 0 Å². The van der Waals surface area contributed by atoms with Crippen LogP contribution in [-0.4, -0.2) is 53.1 Å². The first kappa shape index (κ1) is 52.3. The van der Waals surface area contributed by atoms with Crippen LogP contribution in [0, 0.1) is 0 Å². The van der Waals surface area contributed by atoms with Gasteiger partial charge in [0.1, 0.15) is 6.10 Å². The number of amides is 1. The van der Waals surface area contributed by atoms with E-state index in [1.54, 1.807) is 6.08 Å². The third-order valence-electron chi connectivity index (χ3n) is 10.1. The number of aliphatic hydroxyl groups excluding tert-OH is 2. The summed E-state index contributed by atoms with van der Waals surface area (Å²) in [5.74, 6) is -1.57. The van der Waals surface area contributed by atoms with E-state index >= 15 is 0 Å². The maximum absolute atomic E-state index is 12.6. The number of nitrogens with one attached hydrogen (secondary N) is 1. The molecule has 0 aromatic carbocycles. The van der Waals surface area contributed by atoms with Crippen LogP contribution in [-0.2, 0) is 14.9 Å². The predicted molar refractivity (Wildman–Crippen MR) is 231 cm³/mol. The average molecular weight is 780 g/mol. The lowest BCUT2D eigenvalue weighted by Gasteiger charge is -2.22. The maximum atomic E-state index is 12.6. The summed E-state index contributed by atoms with van der Waals surface area (Å²) >= 11 is 0. The van der Waals surface area contributed by atoms with Gasteiger partial charge in [-0.1, -0.05) is 191 Å². The third-order valence-corrected chi connectivity index (χ3v) is 10.8. The number of rotatable bonds is 40. The van der Waals surface area contributed by atoms with Gasteiger partial charge in [0.05, 0.1) is 17.9 Å². The van der Waals surface area contributed by atoms with Gasteiger partial charge in [-0.15, -0.1) is 0 Å². The number of allylic oxidation sites excluding steroid dienone is 7. The number of carbonyl (C=O) groups is 1. The summed E-state index contributed by atoms with van der Waals surface area (Å²) in [6.45, 7) is 4.51. The first-order valence-corrected chi connectivity index (χ1v) is 24.1. The Morgan fingerprint density at radius 3 is 1.22 bits per heavy atom. The monoisotopic (exact) mass is 780 g/mol. The zero-order chi connectivity index (χ0) is 39.8. The summed E-state index contributed by atoms with van der Waals surface area (Å²) in [7, 11) is -4.46. The third kappa shape index (κ3) is 38.5. The van der Waals surface area contributed by atoms with Crippen molar-refractivity contribution in [3.63, 3.8) is 0 Å². The van der Waals surface area contributed by atoms with Crippen LogP contribution in [0.4, 0.5) is 0 Å². The summed E-state index contributed by atoms with van der Waals surface area (Å²) in [6, 6.07) is -1.26. The van der Waals surface area contributed by atoms with Crippen molar-refractivity contribution < 1.29 is 28.0 Å². The van der Waals surface area contributed by atoms with Gasteiger partial charge in [0.15, 0.2) is 0 Å². The molecule has 0 radical (unpaired) electrons. The van der Waals surface area contributed by atoms with Crippen molar-refractivity contribution in [3.8, 4) is 0 Å². The number of hydrogen-bond donors (Lipinski definition) is 4. The van der Waals surface area contributed by atoms with Crippen molar-refractivity contribution >= 4 is 16.0 Å². The maximum Gasteiger partial charge on any atom is 0.267 e. The van der Waals surface area contributed by atoms with E-state index in [1.807, 2.05) is 0 Å². The molecule has 3 unspecified atom stereocenters. The van der Waals surface area contributed by atoms with Gasteiger partial charge >= 0.3 is 0 Å². The van der Waals surface area contributed by atoms with Crippen molar-refractivity contribution in [2.24, 2.45) is 0 Å². The molecule has 1 amide bonds. The normalized spacial score (nSPS) is 14.2. The highest BCUT2D eigenvalue weighted by atomic mass is 32.2. The second-order valence-electron chi connectivity index (χ2n) is 15.4. The van der Waals surface area contributed by atoms with E-state index in [1.165, 1.54) is 134 Å². The molecule has 4 N–H and O–H groups in total. The number of hydrogen-bond acceptors (Lipinski definition) is 5. The molecule has 0 rings (SSSR count). The van der Waals surface area contributed by atoms with Crippen molar-refractivity contribution in [3.05, 3.63) is 48.6 Å². The molecular formula is C46H85NO6S. The molecule has 0 aliphatic rings. The number of carbonyl (C=O) groups excluding carboxylic acids is 1. The minimum atomic E-state index is -4.46. The molecule has 8 heteroatoms. The summed E-state index contributed by atoms with van der Waals surface area (Å²) in [5, 5.41) is 23.4. The van der Waals surface area contributed by atoms with Crippen LogP contribution in [0.1, 0.15) is 213 Å². The number of aliphatic hydroxyl groups is 2. The Hall–Kier alpha value is -1.74. The van der Waals surface area contributed by atoms with Crippen LogP contribution >= 0.6 is 0 Å². The molecule has 0 saturated carbocycles. The molecule has 0 saturated heterocycles. The van der Waals surface area contributed by atoms with Crippen LogP contribution in [0.2, 0.25) is 0 Å². The molecule has 0 aromatic rings. The van der Waals surface area contributed by atoms with Crippen molar-refractivity contribution in [2.75, 3.05) is 5.75 Å². The van der Waals surface area contributed by atoms with Gasteiger partial charge in [-0.25, -0.2) is 0 Å². The molecule has 0 aliphatic heterocycles. The Morgan fingerprint density at radius 1 is 0.500 bits per heavy atom. The Labute approximate surface area is 333 Å². The van der Waals surface area contributed by atoms with E-state index in [0.29, 0.717) is 12.8 Å². The zero-order valence-corrected chi connectivity index (χ0v) is 35.8. The lowest BCUT2D eigenvalue weighted by molar-refractivity contribution is -0.130. The van der Waals surface area contributed by atoms with Crippen molar-refractivity contribution in [1.82, 2.24) is 5.32 Å². The topological polar surface area (TPSA) is 124 Å². The fraction of sp³-hybridized carbons (Fsp3) is 0.804. The first-order valence-electron chi connectivity index (χ1n) is 22.4. The largest absolute Gasteiger partial charge is 0.387 e. The van der Waals surface area contributed by atoms with E-state index in [2.05, 4.69) is 55.6 Å². The van der Waals surface area contributed by atoms with E-state index in [-0.39, 0.29) is 6.42 Å². The van der Waals surface area contributed by atoms with Gasteiger partial charge in [-0.05, 0) is 70.6 Å². The van der Waals surface area contributed by atoms with Crippen LogP contribution in [0.15, 0.2) is 48.6 Å². The quantitative estimate of drug-likeness (QED) is 0.0279. The van der Waals surface area contributed by atoms with Crippen molar-refractivity contribution in [2.45, 2.75) is 231 Å². The number of unbranched alkanes of at least 4 members (excludes halogenated alkanes) is 25. The highest BCUT2D eigenvalue weighted by Gasteiger charge is 2.27. The van der Waals surface area contributed by atoms with Crippen LogP contribution in [0.5, 0.6) is 0 Å². The highest BCUT2D eigenvalue weighted by Crippen LogP contribution is 2.14. The summed E-state index contributed by atoms with van der Waals surface area (Å²) < 4.78 is 32.6. The highest BCUT2D eigenvalue weighted by molar-refractivity contribution is 7.85. The molecule has 0 aromatic heterocycles. The smallest absolute Gasteiger partial charge is 0.267 e. The average Bonchev–Trinajstić information content (AvgIpc) is 3.14. The van der Waals surface area contributed by atoms with Gasteiger partial charge in [-0.3, -0.25) is 9.35 Å². The molecule has 0 spiro atoms. The molecule has 0 bridgehead atoms. The Morgan fingerprint density at radius 2 is 0.833 bits per heavy atom. The lowest BCUT2D eigenvalue weighted by atomic mass is 10.0. The van der Waals surface area contributed by atoms with E-state index in [0.717, 1.165) is 51.4 Å². The predicted octanol–water partition coefficient (Wildman–Crippen LogP) is 12.4. The Bertz CT molecular complexity index is 1050. The molecule has 0 aliphatic carbocycles. The van der Waals surface area contributed by atoms with Gasteiger partial charge in [-0.2, -0.15) is 8.42 Å². The molecule has 316 valence electrons. The second kappa shape index (κ2) is 39.5. The summed E-state index contributed by atoms with van der Waals surface area (Å²) in [4.78, 5) is 12.6. The van der Waals surface area contributed by atoms with Crippen LogP contribution in [0.3, 0.4) is 0 Å². The minimum absolute atomic E-state index is 0.263. The summed E-state index contributed by atoms with van der Waals surface area (Å²) in [5.41, 5.74) is 0. The fourth-order valence-electron chi connectivity index (χ4n) is 6.60. The van der Waals surface area contributed by atoms with E-state index in [9.17, 15) is 28.0 Å². The molecule has 0 heterocycles. The minimum Gasteiger partial charge on any atom is -0.387 e. The summed E-state index contributed by atoms with van der Waals surface area (Å²) in [6.07, 6.45) is 50.3. The first-order chi connectivity index (χ1) is 26.2. The van der Waals surface area contributed by atoms with Gasteiger partial charge in [0.2, 0.25) is 5.91 Å². The van der Waals surface area contributed by atoms with Gasteiger partial charge < -0.3 is 15.5 Å². The molecular weight excluding hydrogens is 695 g/mol. The van der Waals surface area contributed by atoms with Gasteiger partial charge in [0, 0.05) is 0 Å². The second-order valence-corrected chi connectivity index (χ2v) is 16.9. The van der Waals surface area contributed by atoms with E-state index in [4.69, 9.17) is 0 Å². The SMILES string of the molecule is CCCCCCCCC/C=C/CC/C=C/CC/C=C/C(O)C(CS(=O)(=O)O)NC(=O)C(O)CCCCCCCC/C=C\CCCCCCCCCCCC. The zero-order valence-electron chi connectivity index (χ0n) is 35.0. The van der Waals surface area contributed by atoms with E-state index < -0.39 is 40.0 Å². The van der Waals surface area contributed by atoms with Crippen molar-refractivity contribution in [1.29, 1.82) is 0 Å².